The standard InChI is InChI=1S/C17H13.C15H14.C11H17.2ClH.Zr/c1-3-12-5-7-14-11-15-8-6-13(4-2)10-17(15)16(14)9-12;1-3-8-14(9-4-1)12-7-13-15-10-5-2-6-11-15;1-5-9-6-7-10(8-9)11(2,3)4;;;/h3-7,9-10H,1-2,11H2;1-6,8-11H,12-13H2;7-9H,5H2,1-4H3;2*1H;/q;;;;;+2/p-2. The second-order valence-electron chi connectivity index (χ2n) is 13.4. The summed E-state index contributed by atoms with van der Waals surface area (Å²) in [6.07, 6.45) is 13.5. The largest absolute Gasteiger partial charge is 1.00 e. The number of hydrogen-bond donors (Lipinski definition) is 0. The van der Waals surface area contributed by atoms with Crippen LogP contribution in [0.3, 0.4) is 0 Å². The maximum Gasteiger partial charge on any atom is -1.00 e. The van der Waals surface area contributed by atoms with Crippen LogP contribution < -0.4 is 28.1 Å². The quantitative estimate of drug-likeness (QED) is 0.213. The fourth-order valence-electron chi connectivity index (χ4n) is 6.95. The van der Waals surface area contributed by atoms with E-state index in [4.69, 9.17) is 0 Å². The summed E-state index contributed by atoms with van der Waals surface area (Å²) >= 11 is -2.72. The second kappa shape index (κ2) is 15.4. The number of rotatable bonds is 9. The van der Waals surface area contributed by atoms with Crippen molar-refractivity contribution in [2.24, 2.45) is 11.3 Å². The second-order valence-corrected chi connectivity index (χ2v) is 19.7. The minimum atomic E-state index is -2.72. The smallest absolute Gasteiger partial charge is 1.00 e. The molecule has 0 heterocycles. The van der Waals surface area contributed by atoms with Crippen LogP contribution in [0.1, 0.15) is 67.5 Å². The van der Waals surface area contributed by atoms with Crippen LogP contribution in [0.2, 0.25) is 0 Å². The van der Waals surface area contributed by atoms with E-state index in [1.165, 1.54) is 44.5 Å². The third-order valence-corrected chi connectivity index (χ3v) is 17.1. The summed E-state index contributed by atoms with van der Waals surface area (Å²) in [5.41, 5.74) is 12.7. The van der Waals surface area contributed by atoms with Gasteiger partial charge in [-0.25, -0.2) is 0 Å². The number of benzene rings is 4. The topological polar surface area (TPSA) is 0 Å². The Morgan fingerprint density at radius 1 is 0.783 bits per heavy atom. The van der Waals surface area contributed by atoms with E-state index < -0.39 is 21.3 Å². The Morgan fingerprint density at radius 2 is 1.37 bits per heavy atom. The third-order valence-electron chi connectivity index (χ3n) is 9.36. The molecular formula is C43H44Cl2Zr. The van der Waals surface area contributed by atoms with E-state index in [-0.39, 0.29) is 30.2 Å². The fraction of sp³-hybridized carbons (Fsp3) is 0.233. The molecule has 0 N–H and O–H groups in total. The molecule has 46 heavy (non-hydrogen) atoms. The molecule has 2 aliphatic carbocycles. The molecule has 0 amide bonds. The molecule has 1 unspecified atom stereocenters. The summed E-state index contributed by atoms with van der Waals surface area (Å²) in [7, 11) is 0. The van der Waals surface area contributed by atoms with Crippen molar-refractivity contribution in [1.82, 2.24) is 0 Å². The summed E-state index contributed by atoms with van der Waals surface area (Å²) in [5, 5.41) is 0. The van der Waals surface area contributed by atoms with Crippen LogP contribution in [-0.2, 0) is 40.5 Å². The third kappa shape index (κ3) is 7.49. The zero-order valence-corrected chi connectivity index (χ0v) is 31.5. The fourth-order valence-corrected chi connectivity index (χ4v) is 15.9. The van der Waals surface area contributed by atoms with Crippen LogP contribution in [0, 0.1) is 11.3 Å². The van der Waals surface area contributed by atoms with Gasteiger partial charge in [-0.3, -0.25) is 0 Å². The SMILES string of the molecule is C=Cc1ccc2c(c1)-c1cc(C=C)c[c]([Zr+2]([C]3=CC(C(C)(C)C)=CC3CC)=[C](Cc3ccccc3)Cc3ccccc3)c1C2.[Cl-].[Cl-]. The Balaban J connectivity index is 0.00000240. The molecule has 3 heteroatoms. The number of hydrogen-bond acceptors (Lipinski definition) is 0. The molecule has 0 bridgehead atoms. The van der Waals surface area contributed by atoms with Gasteiger partial charge in [-0.15, -0.1) is 0 Å². The van der Waals surface area contributed by atoms with Crippen LogP contribution in [0.15, 0.2) is 125 Å². The Bertz CT molecular complexity index is 1770. The number of halogens is 2. The van der Waals surface area contributed by atoms with Gasteiger partial charge < -0.3 is 24.8 Å². The van der Waals surface area contributed by atoms with E-state index in [0.717, 1.165) is 25.7 Å². The van der Waals surface area contributed by atoms with E-state index in [1.54, 1.807) is 15.3 Å². The van der Waals surface area contributed by atoms with Crippen LogP contribution in [0.4, 0.5) is 0 Å². The molecule has 0 aromatic heterocycles. The van der Waals surface area contributed by atoms with Crippen molar-refractivity contribution in [3.63, 3.8) is 0 Å². The molecule has 0 spiro atoms. The van der Waals surface area contributed by atoms with Crippen molar-refractivity contribution in [3.8, 4) is 11.1 Å². The van der Waals surface area contributed by atoms with Gasteiger partial charge in [-0.05, 0) is 0 Å². The molecule has 234 valence electrons. The first kappa shape index (κ1) is 36.0. The predicted molar refractivity (Wildman–Crippen MR) is 189 cm³/mol. The van der Waals surface area contributed by atoms with Crippen molar-refractivity contribution >= 4 is 18.6 Å². The molecule has 2 aliphatic rings. The zero-order valence-electron chi connectivity index (χ0n) is 27.5. The molecule has 0 nitrogen and oxygen atoms in total. The summed E-state index contributed by atoms with van der Waals surface area (Å²) in [6.45, 7) is 17.8. The molecule has 0 fully saturated rings. The molecule has 0 saturated carbocycles. The maximum absolute atomic E-state index is 4.27. The minimum Gasteiger partial charge on any atom is -1.00 e. The Morgan fingerprint density at radius 3 is 1.91 bits per heavy atom. The molecule has 1 atom stereocenters. The van der Waals surface area contributed by atoms with Gasteiger partial charge in [0.1, 0.15) is 0 Å². The van der Waals surface area contributed by atoms with Gasteiger partial charge in [0.05, 0.1) is 0 Å². The summed E-state index contributed by atoms with van der Waals surface area (Å²) in [5.74, 6) is 0.499. The Labute approximate surface area is 297 Å². The number of allylic oxidation sites excluding steroid dienone is 4. The van der Waals surface area contributed by atoms with Crippen molar-refractivity contribution in [1.29, 1.82) is 0 Å². The van der Waals surface area contributed by atoms with Crippen molar-refractivity contribution < 1.29 is 46.1 Å². The van der Waals surface area contributed by atoms with Gasteiger partial charge in [-0.1, -0.05) is 0 Å². The summed E-state index contributed by atoms with van der Waals surface area (Å²) in [4.78, 5) is 0. The summed E-state index contributed by atoms with van der Waals surface area (Å²) < 4.78 is 5.14. The first-order chi connectivity index (χ1) is 21.3. The molecule has 0 aliphatic heterocycles. The van der Waals surface area contributed by atoms with Crippen molar-refractivity contribution in [2.75, 3.05) is 0 Å². The molecule has 4 aromatic rings. The number of fused-ring (bicyclic) bond motifs is 3. The molecule has 4 aromatic carbocycles. The van der Waals surface area contributed by atoms with E-state index in [2.05, 4.69) is 150 Å². The molecular weight excluding hydrogens is 679 g/mol. The Hall–Kier alpha value is -2.83. The van der Waals surface area contributed by atoms with Crippen LogP contribution in [0.5, 0.6) is 0 Å². The van der Waals surface area contributed by atoms with E-state index in [1.807, 2.05) is 6.08 Å². The van der Waals surface area contributed by atoms with Gasteiger partial charge in [0.25, 0.3) is 0 Å². The van der Waals surface area contributed by atoms with Gasteiger partial charge >= 0.3 is 274 Å². The van der Waals surface area contributed by atoms with Gasteiger partial charge in [-0.2, -0.15) is 0 Å². The molecule has 0 radical (unpaired) electrons. The summed E-state index contributed by atoms with van der Waals surface area (Å²) in [6, 6.07) is 34.2. The average Bonchev–Trinajstić information content (AvgIpc) is 3.64. The van der Waals surface area contributed by atoms with Crippen LogP contribution >= 0.6 is 0 Å². The van der Waals surface area contributed by atoms with Crippen LogP contribution in [0.25, 0.3) is 23.3 Å². The first-order valence-electron chi connectivity index (χ1n) is 16.1. The first-order valence-corrected chi connectivity index (χ1v) is 19.8. The normalized spacial score (nSPS) is 14.4. The van der Waals surface area contributed by atoms with E-state index in [9.17, 15) is 0 Å². The predicted octanol–water partition coefficient (Wildman–Crippen LogP) is 4.35. The molecule has 0 saturated heterocycles. The van der Waals surface area contributed by atoms with Crippen molar-refractivity contribution in [2.45, 2.75) is 53.4 Å². The van der Waals surface area contributed by atoms with Gasteiger partial charge in [0.2, 0.25) is 0 Å². The van der Waals surface area contributed by atoms with Gasteiger partial charge in [0.15, 0.2) is 0 Å². The van der Waals surface area contributed by atoms with Gasteiger partial charge in [0, 0.05) is 0 Å². The monoisotopic (exact) mass is 720 g/mol. The van der Waals surface area contributed by atoms with E-state index >= 15 is 0 Å². The molecule has 6 rings (SSSR count). The van der Waals surface area contributed by atoms with E-state index in [0.29, 0.717) is 5.92 Å². The van der Waals surface area contributed by atoms with Crippen molar-refractivity contribution in [3.05, 3.63) is 159 Å². The average molecular weight is 723 g/mol. The maximum atomic E-state index is 4.27. The van der Waals surface area contributed by atoms with Crippen LogP contribution in [-0.4, -0.2) is 3.21 Å². The Kier molecular flexibility index (Phi) is 12.0. The zero-order chi connectivity index (χ0) is 30.8. The minimum absolute atomic E-state index is 0.